The molecule has 112 valence electrons. The van der Waals surface area contributed by atoms with Crippen molar-refractivity contribution in [2.24, 2.45) is 10.9 Å². The van der Waals surface area contributed by atoms with E-state index >= 15 is 0 Å². The molecule has 3 N–H and O–H groups in total. The molecule has 0 atom stereocenters. The van der Waals surface area contributed by atoms with Gasteiger partial charge in [0, 0.05) is 17.7 Å². The van der Waals surface area contributed by atoms with E-state index in [0.29, 0.717) is 5.56 Å². The van der Waals surface area contributed by atoms with Crippen LogP contribution in [0.4, 0.5) is 5.69 Å². The van der Waals surface area contributed by atoms with Gasteiger partial charge in [-0.3, -0.25) is 14.9 Å². The number of nitro benzene ring substituents is 1. The lowest BCUT2D eigenvalue weighted by Crippen LogP contribution is -2.33. The van der Waals surface area contributed by atoms with E-state index in [1.807, 2.05) is 30.3 Å². The summed E-state index contributed by atoms with van der Waals surface area (Å²) in [6.07, 6.45) is 0.161. The Morgan fingerprint density at radius 3 is 2.55 bits per heavy atom. The number of hydrogen-bond acceptors (Lipinski definition) is 5. The molecule has 0 saturated carbocycles. The van der Waals surface area contributed by atoms with E-state index < -0.39 is 4.92 Å². The molecule has 2 aromatic carbocycles. The Bertz CT molecular complexity index is 714. The summed E-state index contributed by atoms with van der Waals surface area (Å²) >= 11 is 0. The van der Waals surface area contributed by atoms with Gasteiger partial charge in [-0.2, -0.15) is 5.10 Å². The monoisotopic (exact) mass is 298 g/mol. The van der Waals surface area contributed by atoms with E-state index in [2.05, 4.69) is 10.4 Å². The van der Waals surface area contributed by atoms with E-state index in [9.17, 15) is 14.9 Å². The highest BCUT2D eigenvalue weighted by atomic mass is 16.6. The van der Waals surface area contributed by atoms with E-state index in [0.717, 1.165) is 5.56 Å². The van der Waals surface area contributed by atoms with Crippen molar-refractivity contribution in [1.29, 1.82) is 0 Å². The second-order valence-corrected chi connectivity index (χ2v) is 4.50. The average molecular weight is 298 g/mol. The van der Waals surface area contributed by atoms with Crippen LogP contribution in [-0.2, 0) is 11.2 Å². The molecule has 22 heavy (non-hydrogen) atoms. The lowest BCUT2D eigenvalue weighted by atomic mass is 10.1. The quantitative estimate of drug-likeness (QED) is 0.293. The maximum absolute atomic E-state index is 12.0. The van der Waals surface area contributed by atoms with Crippen LogP contribution >= 0.6 is 0 Å². The summed E-state index contributed by atoms with van der Waals surface area (Å²) in [4.78, 5) is 22.2. The second kappa shape index (κ2) is 6.98. The molecule has 0 spiro atoms. The fourth-order valence-corrected chi connectivity index (χ4v) is 1.90. The molecule has 0 saturated heterocycles. The molecular weight excluding hydrogens is 284 g/mol. The minimum absolute atomic E-state index is 0.0876. The number of amides is 1. The van der Waals surface area contributed by atoms with Crippen LogP contribution in [0.25, 0.3) is 0 Å². The Balaban J connectivity index is 2.11. The third kappa shape index (κ3) is 3.89. The van der Waals surface area contributed by atoms with Crippen LogP contribution in [-0.4, -0.2) is 16.7 Å². The molecule has 7 heteroatoms. The molecule has 7 nitrogen and oxygen atoms in total. The second-order valence-electron chi connectivity index (χ2n) is 4.50. The minimum atomic E-state index is -0.524. The van der Waals surface area contributed by atoms with Gasteiger partial charge < -0.3 is 11.2 Å². The Kier molecular flexibility index (Phi) is 4.81. The number of nitrogens with zero attached hydrogens (tertiary/aromatic N) is 2. The number of benzene rings is 2. The molecule has 0 heterocycles. The summed E-state index contributed by atoms with van der Waals surface area (Å²) in [5.41, 5.74) is 1.12. The minimum Gasteiger partial charge on any atom is -0.321 e. The molecule has 1 amide bonds. The van der Waals surface area contributed by atoms with Crippen LogP contribution in [0, 0.1) is 10.1 Å². The smallest absolute Gasteiger partial charge is 0.270 e. The number of hydrogen-bond donors (Lipinski definition) is 2. The number of amidine groups is 1. The predicted molar refractivity (Wildman–Crippen MR) is 82.1 cm³/mol. The summed E-state index contributed by atoms with van der Waals surface area (Å²) in [5, 5.41) is 16.8. The number of non-ortho nitro benzene ring substituents is 1. The third-order valence-electron chi connectivity index (χ3n) is 2.92. The Morgan fingerprint density at radius 2 is 1.91 bits per heavy atom. The first-order chi connectivity index (χ1) is 10.6. The van der Waals surface area contributed by atoms with Crippen molar-refractivity contribution in [3.63, 3.8) is 0 Å². The maximum Gasteiger partial charge on any atom is 0.270 e. The highest BCUT2D eigenvalue weighted by Crippen LogP contribution is 2.13. The van der Waals surface area contributed by atoms with Gasteiger partial charge in [0.1, 0.15) is 0 Å². The lowest BCUT2D eigenvalue weighted by molar-refractivity contribution is -0.384. The Labute approximate surface area is 126 Å². The molecule has 0 fully saturated rings. The van der Waals surface area contributed by atoms with Gasteiger partial charge in [-0.1, -0.05) is 42.5 Å². The molecule has 0 unspecified atom stereocenters. The number of carbonyl (C=O) groups is 1. The largest absolute Gasteiger partial charge is 0.321 e. The molecule has 0 radical (unpaired) electrons. The van der Waals surface area contributed by atoms with Gasteiger partial charge in [0.2, 0.25) is 5.91 Å². The van der Waals surface area contributed by atoms with E-state index in [4.69, 9.17) is 5.84 Å². The first-order valence-electron chi connectivity index (χ1n) is 6.46. The van der Waals surface area contributed by atoms with Crippen molar-refractivity contribution in [2.75, 3.05) is 0 Å². The number of rotatable bonds is 4. The molecule has 0 aliphatic heterocycles. The van der Waals surface area contributed by atoms with Crippen molar-refractivity contribution < 1.29 is 9.72 Å². The van der Waals surface area contributed by atoms with E-state index in [1.54, 1.807) is 6.07 Å². The van der Waals surface area contributed by atoms with Gasteiger partial charge in [-0.15, -0.1) is 0 Å². The van der Waals surface area contributed by atoms with Crippen LogP contribution in [0.2, 0.25) is 0 Å². The fourth-order valence-electron chi connectivity index (χ4n) is 1.90. The summed E-state index contributed by atoms with van der Waals surface area (Å²) in [6.45, 7) is 0. The van der Waals surface area contributed by atoms with Crippen LogP contribution in [0.15, 0.2) is 59.7 Å². The van der Waals surface area contributed by atoms with E-state index in [-0.39, 0.29) is 23.9 Å². The van der Waals surface area contributed by atoms with Gasteiger partial charge >= 0.3 is 0 Å². The Hall–Kier alpha value is -3.22. The van der Waals surface area contributed by atoms with Crippen molar-refractivity contribution in [3.05, 3.63) is 75.8 Å². The number of nitrogens with two attached hydrogens (primary N) is 1. The number of hydrazone groups is 1. The highest BCUT2D eigenvalue weighted by Gasteiger charge is 2.13. The zero-order valence-electron chi connectivity index (χ0n) is 11.6. The van der Waals surface area contributed by atoms with Gasteiger partial charge in [-0.25, -0.2) is 0 Å². The maximum atomic E-state index is 12.0. The van der Waals surface area contributed by atoms with Gasteiger partial charge in [0.05, 0.1) is 11.3 Å². The summed E-state index contributed by atoms with van der Waals surface area (Å²) < 4.78 is 0. The predicted octanol–water partition coefficient (Wildman–Crippen LogP) is 1.57. The normalized spacial score (nSPS) is 11.0. The van der Waals surface area contributed by atoms with Crippen LogP contribution < -0.4 is 11.2 Å². The molecule has 0 aromatic heterocycles. The first kappa shape index (κ1) is 15.2. The molecule has 0 aliphatic carbocycles. The molecule has 2 aromatic rings. The van der Waals surface area contributed by atoms with Crippen LogP contribution in [0.3, 0.4) is 0 Å². The summed E-state index contributed by atoms with van der Waals surface area (Å²) in [7, 11) is 0. The third-order valence-corrected chi connectivity index (χ3v) is 2.92. The van der Waals surface area contributed by atoms with Gasteiger partial charge in [0.15, 0.2) is 5.84 Å². The molecule has 0 aliphatic rings. The van der Waals surface area contributed by atoms with Crippen molar-refractivity contribution in [1.82, 2.24) is 5.32 Å². The van der Waals surface area contributed by atoms with Crippen LogP contribution in [0.1, 0.15) is 11.1 Å². The van der Waals surface area contributed by atoms with Crippen molar-refractivity contribution in [3.8, 4) is 0 Å². The number of carbonyl (C=O) groups excluding carboxylic acids is 1. The van der Waals surface area contributed by atoms with Crippen molar-refractivity contribution in [2.45, 2.75) is 6.42 Å². The molecule has 0 bridgehead atoms. The number of nitrogens with one attached hydrogen (secondary N) is 1. The zero-order valence-corrected chi connectivity index (χ0v) is 11.6. The van der Waals surface area contributed by atoms with Crippen molar-refractivity contribution >= 4 is 17.4 Å². The van der Waals surface area contributed by atoms with E-state index in [1.165, 1.54) is 18.2 Å². The topological polar surface area (TPSA) is 111 Å². The standard InChI is InChI=1S/C15H14N4O3/c16-18-15(12-7-4-8-13(10-12)19(21)22)17-14(20)9-11-5-2-1-3-6-11/h1-8,10H,9,16H2,(H,17,18,20). The van der Waals surface area contributed by atoms with Gasteiger partial charge in [-0.05, 0) is 5.56 Å². The molecule has 2 rings (SSSR count). The first-order valence-corrected chi connectivity index (χ1v) is 6.46. The fraction of sp³-hybridized carbons (Fsp3) is 0.0667. The van der Waals surface area contributed by atoms with Gasteiger partial charge in [0.25, 0.3) is 5.69 Å². The Morgan fingerprint density at radius 1 is 1.18 bits per heavy atom. The van der Waals surface area contributed by atoms with Crippen LogP contribution in [0.5, 0.6) is 0 Å². The average Bonchev–Trinajstić information content (AvgIpc) is 2.53. The highest BCUT2D eigenvalue weighted by molar-refractivity contribution is 6.08. The zero-order chi connectivity index (χ0) is 15.9. The number of nitro groups is 1. The SMILES string of the molecule is N/N=C(/NC(=O)Cc1ccccc1)c1cccc([N+](=O)[O-])c1. The summed E-state index contributed by atoms with van der Waals surface area (Å²) in [5.74, 6) is 5.06. The summed E-state index contributed by atoms with van der Waals surface area (Å²) in [6, 6.07) is 14.9. The lowest BCUT2D eigenvalue weighted by Gasteiger charge is -2.08. The molecular formula is C15H14N4O3.